The van der Waals surface area contributed by atoms with Gasteiger partial charge in [-0.05, 0) is 24.7 Å². The maximum atomic E-state index is 4.24. The molecule has 1 aromatic heterocycles. The monoisotopic (exact) mass is 232 g/mol. The molecule has 1 aromatic carbocycles. The number of benzene rings is 1. The summed E-state index contributed by atoms with van der Waals surface area (Å²) in [6.45, 7) is 6.25. The average Bonchev–Trinajstić information content (AvgIpc) is 2.76. The molecular weight excluding hydrogens is 212 g/mol. The lowest BCUT2D eigenvalue weighted by Gasteiger charge is -2.25. The van der Waals surface area contributed by atoms with E-state index in [2.05, 4.69) is 52.6 Å². The van der Waals surface area contributed by atoms with Crippen molar-refractivity contribution < 1.29 is 0 Å². The summed E-state index contributed by atoms with van der Waals surface area (Å²) < 4.78 is 0. The summed E-state index contributed by atoms with van der Waals surface area (Å²) in [6.07, 6.45) is 1.74. The molecule has 2 aromatic rings. The number of hydrogen-bond donors (Lipinski definition) is 3. The molecule has 0 aliphatic rings. The molecule has 0 aliphatic heterocycles. The summed E-state index contributed by atoms with van der Waals surface area (Å²) in [5.41, 5.74) is 3.55. The topological polar surface area (TPSA) is 52.7 Å². The van der Waals surface area contributed by atoms with Crippen LogP contribution in [-0.2, 0) is 5.41 Å². The highest BCUT2D eigenvalue weighted by Crippen LogP contribution is 2.24. The van der Waals surface area contributed by atoms with Gasteiger partial charge in [0.15, 0.2) is 0 Å². The van der Waals surface area contributed by atoms with Crippen LogP contribution in [0.5, 0.6) is 0 Å². The van der Waals surface area contributed by atoms with Crippen molar-refractivity contribution in [2.45, 2.75) is 19.3 Å². The molecule has 2 rings (SSSR count). The molecule has 1 heterocycles. The Labute approximate surface area is 102 Å². The average molecular weight is 232 g/mol. The van der Waals surface area contributed by atoms with Crippen LogP contribution in [0.4, 0.5) is 0 Å². The fourth-order valence-corrected chi connectivity index (χ4v) is 1.96. The number of fused-ring (bicyclic) bond motifs is 1. The van der Waals surface area contributed by atoms with Crippen LogP contribution in [0.1, 0.15) is 19.4 Å². The second kappa shape index (κ2) is 4.85. The minimum atomic E-state index is 0.107. The van der Waals surface area contributed by atoms with Crippen molar-refractivity contribution in [3.05, 3.63) is 30.1 Å². The van der Waals surface area contributed by atoms with E-state index >= 15 is 0 Å². The van der Waals surface area contributed by atoms with Crippen molar-refractivity contribution in [1.82, 2.24) is 20.6 Å². The largest absolute Gasteiger partial charge is 0.345 e. The number of nitrogens with one attached hydrogen (secondary N) is 3. The van der Waals surface area contributed by atoms with Crippen molar-refractivity contribution in [2.24, 2.45) is 0 Å². The van der Waals surface area contributed by atoms with Crippen LogP contribution in [0.3, 0.4) is 0 Å². The molecule has 92 valence electrons. The zero-order valence-corrected chi connectivity index (χ0v) is 10.7. The van der Waals surface area contributed by atoms with Gasteiger partial charge in [0, 0.05) is 18.6 Å². The lowest BCUT2D eigenvalue weighted by atomic mass is 9.84. The molecule has 0 aliphatic carbocycles. The third-order valence-electron chi connectivity index (χ3n) is 3.07. The first kappa shape index (κ1) is 12.1. The van der Waals surface area contributed by atoms with Gasteiger partial charge in [0.1, 0.15) is 0 Å². The first-order valence-electron chi connectivity index (χ1n) is 5.92. The van der Waals surface area contributed by atoms with Gasteiger partial charge in [-0.3, -0.25) is 0 Å². The van der Waals surface area contributed by atoms with Gasteiger partial charge in [0.2, 0.25) is 0 Å². The summed E-state index contributed by atoms with van der Waals surface area (Å²) in [7, 11) is 1.94. The van der Waals surface area contributed by atoms with E-state index in [1.54, 1.807) is 6.33 Å². The Morgan fingerprint density at radius 3 is 2.94 bits per heavy atom. The Morgan fingerprint density at radius 2 is 2.18 bits per heavy atom. The summed E-state index contributed by atoms with van der Waals surface area (Å²) in [5.74, 6) is 0. The van der Waals surface area contributed by atoms with E-state index in [-0.39, 0.29) is 5.41 Å². The van der Waals surface area contributed by atoms with Gasteiger partial charge in [-0.2, -0.15) is 0 Å². The molecule has 0 amide bonds. The molecule has 0 atom stereocenters. The SMILES string of the molecule is CNCNCC(C)(C)c1ccc2nc[nH]c2c1. The van der Waals surface area contributed by atoms with Crippen LogP contribution in [0.15, 0.2) is 24.5 Å². The van der Waals surface area contributed by atoms with E-state index in [0.29, 0.717) is 0 Å². The van der Waals surface area contributed by atoms with Crippen LogP contribution in [0.25, 0.3) is 11.0 Å². The van der Waals surface area contributed by atoms with Gasteiger partial charge in [-0.25, -0.2) is 4.98 Å². The predicted molar refractivity (Wildman–Crippen MR) is 71.0 cm³/mol. The van der Waals surface area contributed by atoms with Crippen molar-refractivity contribution >= 4 is 11.0 Å². The predicted octanol–water partition coefficient (Wildman–Crippen LogP) is 1.61. The number of nitrogens with zero attached hydrogens (tertiary/aromatic N) is 1. The molecule has 0 spiro atoms. The lowest BCUT2D eigenvalue weighted by Crippen LogP contribution is -2.37. The van der Waals surface area contributed by atoms with E-state index in [1.807, 2.05) is 7.05 Å². The Morgan fingerprint density at radius 1 is 1.35 bits per heavy atom. The highest BCUT2D eigenvalue weighted by Gasteiger charge is 2.20. The third-order valence-corrected chi connectivity index (χ3v) is 3.07. The Hall–Kier alpha value is -1.39. The van der Waals surface area contributed by atoms with Gasteiger partial charge in [0.05, 0.1) is 17.4 Å². The molecule has 0 unspecified atom stereocenters. The van der Waals surface area contributed by atoms with E-state index < -0.39 is 0 Å². The van der Waals surface area contributed by atoms with Gasteiger partial charge in [0.25, 0.3) is 0 Å². The smallest absolute Gasteiger partial charge is 0.0931 e. The van der Waals surface area contributed by atoms with Gasteiger partial charge < -0.3 is 15.6 Å². The fourth-order valence-electron chi connectivity index (χ4n) is 1.96. The first-order valence-corrected chi connectivity index (χ1v) is 5.92. The normalized spacial score (nSPS) is 12.2. The van der Waals surface area contributed by atoms with E-state index in [0.717, 1.165) is 24.2 Å². The van der Waals surface area contributed by atoms with Crippen molar-refractivity contribution in [3.63, 3.8) is 0 Å². The number of aromatic nitrogens is 2. The third kappa shape index (κ3) is 2.65. The van der Waals surface area contributed by atoms with Gasteiger partial charge in [-0.1, -0.05) is 19.9 Å². The molecule has 0 bridgehead atoms. The van der Waals surface area contributed by atoms with Crippen LogP contribution in [0, 0.1) is 0 Å². The van der Waals surface area contributed by atoms with Crippen LogP contribution >= 0.6 is 0 Å². The summed E-state index contributed by atoms with van der Waals surface area (Å²) in [6, 6.07) is 6.41. The molecule has 3 N–H and O–H groups in total. The number of aromatic amines is 1. The van der Waals surface area contributed by atoms with Crippen LogP contribution in [-0.4, -0.2) is 30.2 Å². The molecule has 4 nitrogen and oxygen atoms in total. The minimum Gasteiger partial charge on any atom is -0.345 e. The molecule has 0 saturated heterocycles. The van der Waals surface area contributed by atoms with E-state index in [4.69, 9.17) is 0 Å². The van der Waals surface area contributed by atoms with Gasteiger partial charge >= 0.3 is 0 Å². The first-order chi connectivity index (χ1) is 8.13. The Kier molecular flexibility index (Phi) is 3.45. The fraction of sp³-hybridized carbons (Fsp3) is 0.462. The zero-order chi connectivity index (χ0) is 12.3. The highest BCUT2D eigenvalue weighted by molar-refractivity contribution is 5.75. The minimum absolute atomic E-state index is 0.107. The Bertz CT molecular complexity index is 487. The summed E-state index contributed by atoms with van der Waals surface area (Å²) >= 11 is 0. The van der Waals surface area contributed by atoms with E-state index in [9.17, 15) is 0 Å². The molecular formula is C13H20N4. The lowest BCUT2D eigenvalue weighted by molar-refractivity contribution is 0.461. The summed E-state index contributed by atoms with van der Waals surface area (Å²) in [4.78, 5) is 7.39. The maximum absolute atomic E-state index is 4.24. The van der Waals surface area contributed by atoms with Crippen molar-refractivity contribution in [1.29, 1.82) is 0 Å². The number of H-pyrrole nitrogens is 1. The maximum Gasteiger partial charge on any atom is 0.0931 e. The molecule has 17 heavy (non-hydrogen) atoms. The standard InChI is InChI=1S/C13H20N4/c1-13(2,7-15-8-14-3)10-4-5-11-12(6-10)17-9-16-11/h4-6,9,14-15H,7-8H2,1-3H3,(H,16,17). The van der Waals surface area contributed by atoms with E-state index in [1.165, 1.54) is 5.56 Å². The Balaban J connectivity index is 2.18. The van der Waals surface area contributed by atoms with Gasteiger partial charge in [-0.15, -0.1) is 0 Å². The number of hydrogen-bond acceptors (Lipinski definition) is 3. The molecule has 4 heteroatoms. The second-order valence-electron chi connectivity index (χ2n) is 4.98. The van der Waals surface area contributed by atoms with Crippen molar-refractivity contribution in [3.8, 4) is 0 Å². The second-order valence-corrected chi connectivity index (χ2v) is 4.98. The van der Waals surface area contributed by atoms with Crippen LogP contribution < -0.4 is 10.6 Å². The van der Waals surface area contributed by atoms with Crippen LogP contribution in [0.2, 0.25) is 0 Å². The van der Waals surface area contributed by atoms with Crippen molar-refractivity contribution in [2.75, 3.05) is 20.3 Å². The highest BCUT2D eigenvalue weighted by atomic mass is 15.0. The number of imidazole rings is 1. The quantitative estimate of drug-likeness (QED) is 0.542. The molecule has 0 fully saturated rings. The zero-order valence-electron chi connectivity index (χ0n) is 10.7. The molecule has 0 radical (unpaired) electrons. The molecule has 0 saturated carbocycles. The summed E-state index contributed by atoms with van der Waals surface area (Å²) in [5, 5.41) is 6.47. The number of rotatable bonds is 5.